The van der Waals surface area contributed by atoms with Crippen molar-refractivity contribution in [2.75, 3.05) is 5.32 Å². The summed E-state index contributed by atoms with van der Waals surface area (Å²) < 4.78 is 33.0. The van der Waals surface area contributed by atoms with Gasteiger partial charge in [0.2, 0.25) is 11.8 Å². The van der Waals surface area contributed by atoms with Crippen molar-refractivity contribution >= 4 is 17.5 Å². The fourth-order valence-electron chi connectivity index (χ4n) is 2.03. The van der Waals surface area contributed by atoms with Crippen LogP contribution in [-0.4, -0.2) is 10.9 Å². The Morgan fingerprint density at radius 3 is 2.30 bits per heavy atom. The van der Waals surface area contributed by atoms with Crippen LogP contribution in [0.15, 0.2) is 52.9 Å². The molecule has 0 spiro atoms. The molecule has 1 amide bonds. The third kappa shape index (κ3) is 2.89. The van der Waals surface area contributed by atoms with Crippen molar-refractivity contribution in [1.82, 2.24) is 4.98 Å². The zero-order chi connectivity index (χ0) is 16.4. The van der Waals surface area contributed by atoms with Crippen LogP contribution >= 0.6 is 0 Å². The molecule has 1 aromatic heterocycles. The summed E-state index contributed by atoms with van der Waals surface area (Å²) in [5, 5.41) is 2.81. The van der Waals surface area contributed by atoms with Crippen molar-refractivity contribution in [3.8, 4) is 11.5 Å². The fourth-order valence-corrected chi connectivity index (χ4v) is 2.03. The van der Waals surface area contributed by atoms with Gasteiger partial charge in [0, 0.05) is 5.69 Å². The predicted molar refractivity (Wildman–Crippen MR) is 80.1 cm³/mol. The average Bonchev–Trinajstić information content (AvgIpc) is 2.92. The summed E-state index contributed by atoms with van der Waals surface area (Å²) >= 11 is 0. The van der Waals surface area contributed by atoms with Gasteiger partial charge in [-0.15, -0.1) is 0 Å². The minimum atomic E-state index is -0.879. The van der Waals surface area contributed by atoms with Gasteiger partial charge < -0.3 is 15.5 Å². The molecular formula is C16H11F2N3O2. The van der Waals surface area contributed by atoms with E-state index in [2.05, 4.69) is 10.3 Å². The highest BCUT2D eigenvalue weighted by Crippen LogP contribution is 2.31. The molecule has 23 heavy (non-hydrogen) atoms. The molecular weight excluding hydrogens is 304 g/mol. The normalized spacial score (nSPS) is 10.5. The number of oxazole rings is 1. The molecule has 2 aromatic carbocycles. The van der Waals surface area contributed by atoms with Crippen molar-refractivity contribution in [1.29, 1.82) is 0 Å². The number of carbonyl (C=O) groups is 1. The third-order valence-electron chi connectivity index (χ3n) is 3.07. The number of hydrogen-bond donors (Lipinski definition) is 2. The average molecular weight is 315 g/mol. The number of hydrogen-bond acceptors (Lipinski definition) is 4. The second-order valence-corrected chi connectivity index (χ2v) is 4.65. The zero-order valence-corrected chi connectivity index (χ0v) is 11.7. The highest BCUT2D eigenvalue weighted by molar-refractivity contribution is 5.96. The van der Waals surface area contributed by atoms with Crippen molar-refractivity contribution in [3.63, 3.8) is 0 Å². The molecule has 116 valence electrons. The molecule has 0 aliphatic heterocycles. The standard InChI is InChI=1S/C16H11F2N3O2/c17-10-7-4-8-11(18)12(10)15-21-13(14(19)22)16(23-15)20-9-5-2-1-3-6-9/h1-8,20H,(H2,19,22). The SMILES string of the molecule is NC(=O)c1nc(-c2c(F)cccc2F)oc1Nc1ccccc1. The maximum absolute atomic E-state index is 13.8. The van der Waals surface area contributed by atoms with E-state index >= 15 is 0 Å². The molecule has 7 heteroatoms. The van der Waals surface area contributed by atoms with Crippen molar-refractivity contribution < 1.29 is 18.0 Å². The summed E-state index contributed by atoms with van der Waals surface area (Å²) in [7, 11) is 0. The molecule has 0 bridgehead atoms. The molecule has 3 N–H and O–H groups in total. The number of nitrogens with one attached hydrogen (secondary N) is 1. The Balaban J connectivity index is 2.08. The van der Waals surface area contributed by atoms with E-state index in [0.717, 1.165) is 12.1 Å². The van der Waals surface area contributed by atoms with Crippen LogP contribution in [-0.2, 0) is 0 Å². The lowest BCUT2D eigenvalue weighted by atomic mass is 10.2. The van der Waals surface area contributed by atoms with Crippen LogP contribution in [0.25, 0.3) is 11.5 Å². The summed E-state index contributed by atoms with van der Waals surface area (Å²) in [5.74, 6) is -3.04. The second-order valence-electron chi connectivity index (χ2n) is 4.65. The van der Waals surface area contributed by atoms with Crippen LogP contribution in [0, 0.1) is 11.6 Å². The van der Waals surface area contributed by atoms with E-state index in [1.807, 2.05) is 0 Å². The van der Waals surface area contributed by atoms with Crippen molar-refractivity contribution in [3.05, 3.63) is 65.9 Å². The summed E-state index contributed by atoms with van der Waals surface area (Å²) in [6.07, 6.45) is 0. The summed E-state index contributed by atoms with van der Waals surface area (Å²) in [6, 6.07) is 12.1. The lowest BCUT2D eigenvalue weighted by molar-refractivity contribution is 0.0996. The first kappa shape index (κ1) is 14.7. The van der Waals surface area contributed by atoms with Crippen LogP contribution in [0.1, 0.15) is 10.5 Å². The molecule has 0 radical (unpaired) electrons. The lowest BCUT2D eigenvalue weighted by Crippen LogP contribution is -2.13. The molecule has 0 aliphatic rings. The van der Waals surface area contributed by atoms with E-state index < -0.39 is 23.1 Å². The molecule has 0 atom stereocenters. The maximum Gasteiger partial charge on any atom is 0.273 e. The number of carbonyl (C=O) groups excluding carboxylic acids is 1. The van der Waals surface area contributed by atoms with Gasteiger partial charge in [-0.3, -0.25) is 4.79 Å². The molecule has 0 aliphatic carbocycles. The van der Waals surface area contributed by atoms with Gasteiger partial charge in [0.05, 0.1) is 0 Å². The zero-order valence-electron chi connectivity index (χ0n) is 11.7. The molecule has 3 rings (SSSR count). The largest absolute Gasteiger partial charge is 0.419 e. The van der Waals surface area contributed by atoms with E-state index in [9.17, 15) is 13.6 Å². The van der Waals surface area contributed by atoms with Gasteiger partial charge >= 0.3 is 0 Å². The lowest BCUT2D eigenvalue weighted by Gasteiger charge is -2.03. The number of primary amides is 1. The molecule has 1 heterocycles. The molecule has 5 nitrogen and oxygen atoms in total. The Morgan fingerprint density at radius 2 is 1.70 bits per heavy atom. The van der Waals surface area contributed by atoms with E-state index in [1.54, 1.807) is 30.3 Å². The highest BCUT2D eigenvalue weighted by Gasteiger charge is 2.23. The number of rotatable bonds is 4. The van der Waals surface area contributed by atoms with Gasteiger partial charge in [0.15, 0.2) is 5.69 Å². The van der Waals surface area contributed by atoms with Crippen LogP contribution in [0.2, 0.25) is 0 Å². The first-order chi connectivity index (χ1) is 11.1. The molecule has 0 saturated carbocycles. The van der Waals surface area contributed by atoms with E-state index in [1.165, 1.54) is 6.07 Å². The van der Waals surface area contributed by atoms with Gasteiger partial charge in [-0.1, -0.05) is 24.3 Å². The van der Waals surface area contributed by atoms with E-state index in [-0.39, 0.29) is 17.5 Å². The molecule has 0 saturated heterocycles. The van der Waals surface area contributed by atoms with Crippen LogP contribution < -0.4 is 11.1 Å². The van der Waals surface area contributed by atoms with E-state index in [4.69, 9.17) is 10.2 Å². The van der Waals surface area contributed by atoms with Gasteiger partial charge in [-0.05, 0) is 24.3 Å². The third-order valence-corrected chi connectivity index (χ3v) is 3.07. The van der Waals surface area contributed by atoms with Gasteiger partial charge in [0.1, 0.15) is 17.2 Å². The summed E-state index contributed by atoms with van der Waals surface area (Å²) in [4.78, 5) is 15.3. The van der Waals surface area contributed by atoms with Gasteiger partial charge in [0.25, 0.3) is 5.91 Å². The molecule has 3 aromatic rings. The van der Waals surface area contributed by atoms with Crippen molar-refractivity contribution in [2.45, 2.75) is 0 Å². The number of nitrogens with zero attached hydrogens (tertiary/aromatic N) is 1. The number of para-hydroxylation sites is 1. The Bertz CT molecular complexity index is 843. The fraction of sp³-hybridized carbons (Fsp3) is 0. The smallest absolute Gasteiger partial charge is 0.273 e. The van der Waals surface area contributed by atoms with Crippen molar-refractivity contribution in [2.24, 2.45) is 5.73 Å². The van der Waals surface area contributed by atoms with E-state index in [0.29, 0.717) is 5.69 Å². The summed E-state index contributed by atoms with van der Waals surface area (Å²) in [5.41, 5.74) is 5.14. The molecule has 0 fully saturated rings. The minimum absolute atomic E-state index is 0.0821. The van der Waals surface area contributed by atoms with Gasteiger partial charge in [-0.2, -0.15) is 0 Å². The molecule has 0 unspecified atom stereocenters. The summed E-state index contributed by atoms with van der Waals surface area (Å²) in [6.45, 7) is 0. The van der Waals surface area contributed by atoms with Crippen LogP contribution in [0.5, 0.6) is 0 Å². The number of halogens is 2. The Labute approximate surface area is 129 Å². The minimum Gasteiger partial charge on any atom is -0.419 e. The Kier molecular flexibility index (Phi) is 3.76. The second kappa shape index (κ2) is 5.88. The number of amides is 1. The van der Waals surface area contributed by atoms with Crippen LogP contribution in [0.3, 0.4) is 0 Å². The number of nitrogens with two attached hydrogens (primary N) is 1. The first-order valence-corrected chi connectivity index (χ1v) is 6.63. The number of benzene rings is 2. The first-order valence-electron chi connectivity index (χ1n) is 6.63. The Hall–Kier alpha value is -3.22. The maximum atomic E-state index is 13.8. The van der Waals surface area contributed by atoms with Crippen LogP contribution in [0.4, 0.5) is 20.4 Å². The quantitative estimate of drug-likeness (QED) is 0.772. The predicted octanol–water partition coefficient (Wildman–Crippen LogP) is 3.46. The number of aromatic nitrogens is 1. The van der Waals surface area contributed by atoms with Gasteiger partial charge in [-0.25, -0.2) is 13.8 Å². The highest BCUT2D eigenvalue weighted by atomic mass is 19.1. The number of anilines is 2. The Morgan fingerprint density at radius 1 is 1.04 bits per heavy atom. The monoisotopic (exact) mass is 315 g/mol. The topological polar surface area (TPSA) is 81.2 Å².